The van der Waals surface area contributed by atoms with Crippen LogP contribution in [0.1, 0.15) is 15.9 Å². The fourth-order valence-corrected chi connectivity index (χ4v) is 3.07. The van der Waals surface area contributed by atoms with E-state index in [1.165, 1.54) is 0 Å². The molecule has 0 atom stereocenters. The van der Waals surface area contributed by atoms with Crippen LogP contribution in [0.25, 0.3) is 0 Å². The van der Waals surface area contributed by atoms with Crippen LogP contribution in [-0.2, 0) is 6.54 Å². The lowest BCUT2D eigenvalue weighted by atomic mass is 10.1. The zero-order valence-electron chi connectivity index (χ0n) is 11.0. The van der Waals surface area contributed by atoms with Gasteiger partial charge in [0.2, 0.25) is 0 Å². The number of rotatable bonds is 3. The molecule has 0 heterocycles. The third kappa shape index (κ3) is 4.36. The molecular weight excluding hydrogens is 396 g/mol. The van der Waals surface area contributed by atoms with Crippen molar-refractivity contribution in [3.05, 3.63) is 67.1 Å². The quantitative estimate of drug-likeness (QED) is 0.641. The minimum atomic E-state index is -0.138. The van der Waals surface area contributed by atoms with Gasteiger partial charge in [0.15, 0.2) is 0 Å². The molecule has 21 heavy (non-hydrogen) atoms. The fourth-order valence-electron chi connectivity index (χ4n) is 1.91. The van der Waals surface area contributed by atoms with Crippen LogP contribution in [0, 0.1) is 0 Å². The van der Waals surface area contributed by atoms with Crippen molar-refractivity contribution in [3.63, 3.8) is 0 Å². The minimum absolute atomic E-state index is 0.138. The van der Waals surface area contributed by atoms with Gasteiger partial charge in [-0.2, -0.15) is 0 Å². The first kappa shape index (κ1) is 16.6. The van der Waals surface area contributed by atoms with E-state index in [9.17, 15) is 4.79 Å². The summed E-state index contributed by atoms with van der Waals surface area (Å²) < 4.78 is 0.702. The number of benzene rings is 2. The average molecular weight is 408 g/mol. The Morgan fingerprint density at radius 3 is 2.29 bits per heavy atom. The van der Waals surface area contributed by atoms with Gasteiger partial charge >= 0.3 is 0 Å². The predicted octanol–water partition coefficient (Wildman–Crippen LogP) is 5.68. The molecule has 6 heteroatoms. The summed E-state index contributed by atoms with van der Waals surface area (Å²) in [6.07, 6.45) is 0. The maximum absolute atomic E-state index is 12.5. The Morgan fingerprint density at radius 1 is 1.05 bits per heavy atom. The van der Waals surface area contributed by atoms with Gasteiger partial charge < -0.3 is 4.90 Å². The molecule has 1 amide bonds. The van der Waals surface area contributed by atoms with Crippen molar-refractivity contribution in [1.82, 2.24) is 4.90 Å². The van der Waals surface area contributed by atoms with E-state index in [1.807, 2.05) is 0 Å². The van der Waals surface area contributed by atoms with Crippen LogP contribution < -0.4 is 0 Å². The van der Waals surface area contributed by atoms with Crippen molar-refractivity contribution >= 4 is 56.6 Å². The Balaban J connectivity index is 2.21. The van der Waals surface area contributed by atoms with E-state index in [4.69, 9.17) is 34.8 Å². The zero-order valence-corrected chi connectivity index (χ0v) is 14.9. The second-order valence-electron chi connectivity index (χ2n) is 4.56. The molecule has 0 radical (unpaired) electrons. The summed E-state index contributed by atoms with van der Waals surface area (Å²) in [6.45, 7) is 0.401. The molecule has 0 aliphatic rings. The van der Waals surface area contributed by atoms with E-state index in [1.54, 1.807) is 48.3 Å². The van der Waals surface area contributed by atoms with Crippen LogP contribution in [0.3, 0.4) is 0 Å². The van der Waals surface area contributed by atoms with E-state index in [0.717, 1.165) is 5.56 Å². The molecule has 0 saturated carbocycles. The lowest BCUT2D eigenvalue weighted by molar-refractivity contribution is 0.0784. The van der Waals surface area contributed by atoms with Crippen molar-refractivity contribution in [2.24, 2.45) is 0 Å². The van der Waals surface area contributed by atoms with Crippen LogP contribution >= 0.6 is 50.7 Å². The predicted molar refractivity (Wildman–Crippen MR) is 91.4 cm³/mol. The molecule has 0 saturated heterocycles. The maximum atomic E-state index is 12.5. The molecule has 0 aliphatic carbocycles. The van der Waals surface area contributed by atoms with Gasteiger partial charge in [-0.3, -0.25) is 4.79 Å². The van der Waals surface area contributed by atoms with E-state index < -0.39 is 0 Å². The molecule has 2 nitrogen and oxygen atoms in total. The summed E-state index contributed by atoms with van der Waals surface area (Å²) in [5.74, 6) is -0.138. The maximum Gasteiger partial charge on any atom is 0.255 e. The molecule has 0 N–H and O–H groups in total. The number of carbonyl (C=O) groups is 1. The van der Waals surface area contributed by atoms with E-state index >= 15 is 0 Å². The third-order valence-corrected chi connectivity index (χ3v) is 4.21. The molecule has 0 spiro atoms. The highest BCUT2D eigenvalue weighted by Crippen LogP contribution is 2.24. The largest absolute Gasteiger partial charge is 0.337 e. The summed E-state index contributed by atoms with van der Waals surface area (Å²) in [6, 6.07) is 10.3. The Hall–Kier alpha value is -0.740. The van der Waals surface area contributed by atoms with Crippen LogP contribution in [0.2, 0.25) is 15.1 Å². The van der Waals surface area contributed by atoms with Crippen molar-refractivity contribution in [1.29, 1.82) is 0 Å². The summed E-state index contributed by atoms with van der Waals surface area (Å²) >= 11 is 21.2. The van der Waals surface area contributed by atoms with Crippen LogP contribution in [0.15, 0.2) is 40.9 Å². The Bertz CT molecular complexity index is 670. The first-order chi connectivity index (χ1) is 9.86. The normalized spacial score (nSPS) is 10.5. The number of hydrogen-bond donors (Lipinski definition) is 0. The number of nitrogens with zero attached hydrogens (tertiary/aromatic N) is 1. The van der Waals surface area contributed by atoms with E-state index in [-0.39, 0.29) is 5.91 Å². The topological polar surface area (TPSA) is 20.3 Å². The molecule has 2 aromatic rings. The second kappa shape index (κ2) is 7.01. The van der Waals surface area contributed by atoms with Gasteiger partial charge in [0.1, 0.15) is 0 Å². The van der Waals surface area contributed by atoms with Gasteiger partial charge in [-0.05, 0) is 57.9 Å². The third-order valence-electron chi connectivity index (χ3n) is 2.85. The van der Waals surface area contributed by atoms with Crippen molar-refractivity contribution in [3.8, 4) is 0 Å². The van der Waals surface area contributed by atoms with Crippen LogP contribution in [-0.4, -0.2) is 17.9 Å². The van der Waals surface area contributed by atoms with Gasteiger partial charge in [-0.1, -0.05) is 34.8 Å². The number of hydrogen-bond acceptors (Lipinski definition) is 1. The summed E-state index contributed by atoms with van der Waals surface area (Å²) in [7, 11) is 1.71. The van der Waals surface area contributed by atoms with Gasteiger partial charge in [0, 0.05) is 33.1 Å². The van der Waals surface area contributed by atoms with Crippen LogP contribution in [0.5, 0.6) is 0 Å². The molecule has 110 valence electrons. The monoisotopic (exact) mass is 405 g/mol. The van der Waals surface area contributed by atoms with Gasteiger partial charge in [0.25, 0.3) is 5.91 Å². The Kier molecular flexibility index (Phi) is 5.55. The molecule has 2 rings (SSSR count). The number of amides is 1. The standard InChI is InChI=1S/C15H11BrCl3NO/c1-20(8-9-4-11(18)6-12(19)5-9)15(21)13-7-10(17)2-3-14(13)16/h2-7H,8H2,1H3. The molecule has 0 aliphatic heterocycles. The highest BCUT2D eigenvalue weighted by molar-refractivity contribution is 9.10. The summed E-state index contributed by atoms with van der Waals surface area (Å²) in [5.41, 5.74) is 1.37. The van der Waals surface area contributed by atoms with Crippen molar-refractivity contribution in [2.45, 2.75) is 6.54 Å². The molecule has 0 bridgehead atoms. The van der Waals surface area contributed by atoms with E-state index in [0.29, 0.717) is 31.6 Å². The molecule has 2 aromatic carbocycles. The molecule has 0 aromatic heterocycles. The van der Waals surface area contributed by atoms with Gasteiger partial charge in [-0.15, -0.1) is 0 Å². The van der Waals surface area contributed by atoms with E-state index in [2.05, 4.69) is 15.9 Å². The van der Waals surface area contributed by atoms with Gasteiger partial charge in [0.05, 0.1) is 5.56 Å². The summed E-state index contributed by atoms with van der Waals surface area (Å²) in [5, 5.41) is 1.60. The molecular formula is C15H11BrCl3NO. The van der Waals surface area contributed by atoms with Crippen LogP contribution in [0.4, 0.5) is 0 Å². The average Bonchev–Trinajstić information content (AvgIpc) is 2.39. The number of carbonyl (C=O) groups excluding carboxylic acids is 1. The fraction of sp³-hybridized carbons (Fsp3) is 0.133. The SMILES string of the molecule is CN(Cc1cc(Cl)cc(Cl)c1)C(=O)c1cc(Cl)ccc1Br. The summed E-state index contributed by atoms with van der Waals surface area (Å²) in [4.78, 5) is 14.0. The minimum Gasteiger partial charge on any atom is -0.337 e. The molecule has 0 unspecified atom stereocenters. The number of halogens is 4. The van der Waals surface area contributed by atoms with Gasteiger partial charge in [-0.25, -0.2) is 0 Å². The Labute approximate surface area is 146 Å². The zero-order chi connectivity index (χ0) is 15.6. The highest BCUT2D eigenvalue weighted by atomic mass is 79.9. The lowest BCUT2D eigenvalue weighted by Gasteiger charge is -2.18. The molecule has 0 fully saturated rings. The Morgan fingerprint density at radius 2 is 1.67 bits per heavy atom. The van der Waals surface area contributed by atoms with Crippen molar-refractivity contribution < 1.29 is 4.79 Å². The lowest BCUT2D eigenvalue weighted by Crippen LogP contribution is -2.26. The highest BCUT2D eigenvalue weighted by Gasteiger charge is 2.16. The second-order valence-corrected chi connectivity index (χ2v) is 6.73. The smallest absolute Gasteiger partial charge is 0.255 e. The first-order valence-corrected chi connectivity index (χ1v) is 7.95. The van der Waals surface area contributed by atoms with Crippen molar-refractivity contribution in [2.75, 3.05) is 7.05 Å². The first-order valence-electron chi connectivity index (χ1n) is 6.02.